The normalized spacial score (nSPS) is 13.1. The van der Waals surface area contributed by atoms with E-state index in [4.69, 9.17) is 0 Å². The third-order valence-corrected chi connectivity index (χ3v) is 5.10. The molecule has 7 heteroatoms. The number of hydrogen-bond acceptors (Lipinski definition) is 5. The van der Waals surface area contributed by atoms with E-state index >= 15 is 0 Å². The first-order valence-corrected chi connectivity index (χ1v) is 8.65. The monoisotopic (exact) mass is 308 g/mol. The Hall–Kier alpha value is -1.89. The lowest BCUT2D eigenvalue weighted by Crippen LogP contribution is -2.26. The zero-order valence-corrected chi connectivity index (χ0v) is 13.3. The molecule has 0 fully saturated rings. The van der Waals surface area contributed by atoms with Crippen molar-refractivity contribution in [3.63, 3.8) is 0 Å². The average Bonchev–Trinajstić information content (AvgIpc) is 2.85. The molecule has 0 aliphatic carbocycles. The molecule has 1 heterocycles. The molecule has 0 amide bonds. The molecule has 114 valence electrons. The second-order valence-corrected chi connectivity index (χ2v) is 7.48. The second-order valence-electron chi connectivity index (χ2n) is 5.09. The van der Waals surface area contributed by atoms with Gasteiger partial charge in [-0.2, -0.15) is 0 Å². The van der Waals surface area contributed by atoms with E-state index in [1.165, 1.54) is 0 Å². The van der Waals surface area contributed by atoms with Crippen molar-refractivity contribution in [2.24, 2.45) is 7.05 Å². The number of rotatable bonds is 6. The van der Waals surface area contributed by atoms with Crippen LogP contribution in [0.5, 0.6) is 0 Å². The van der Waals surface area contributed by atoms with Crippen LogP contribution in [0.4, 0.5) is 5.69 Å². The van der Waals surface area contributed by atoms with Gasteiger partial charge in [0.15, 0.2) is 15.7 Å². The van der Waals surface area contributed by atoms with Crippen LogP contribution in [0.1, 0.15) is 13.8 Å². The van der Waals surface area contributed by atoms with Gasteiger partial charge in [0, 0.05) is 30.1 Å². The lowest BCUT2D eigenvalue weighted by molar-refractivity contribution is 0.593. The number of aryl methyl sites for hydroxylation is 1. The van der Waals surface area contributed by atoms with Crippen molar-refractivity contribution in [3.8, 4) is 11.4 Å². The molecule has 0 bridgehead atoms. The summed E-state index contributed by atoms with van der Waals surface area (Å²) < 4.78 is 25.0. The molecule has 1 unspecified atom stereocenters. The van der Waals surface area contributed by atoms with E-state index in [0.29, 0.717) is 0 Å². The Labute approximate surface area is 125 Å². The van der Waals surface area contributed by atoms with Crippen LogP contribution in [0.2, 0.25) is 0 Å². The van der Waals surface area contributed by atoms with Crippen LogP contribution in [-0.2, 0) is 16.9 Å². The van der Waals surface area contributed by atoms with Crippen molar-refractivity contribution in [2.75, 3.05) is 16.8 Å². The molecule has 0 spiro atoms. The minimum absolute atomic E-state index is 0.129. The molecule has 0 saturated carbocycles. The van der Waals surface area contributed by atoms with Crippen LogP contribution in [0.15, 0.2) is 30.6 Å². The quantitative estimate of drug-likeness (QED) is 0.879. The van der Waals surface area contributed by atoms with Crippen LogP contribution in [0, 0.1) is 0 Å². The molecule has 0 aliphatic rings. The summed E-state index contributed by atoms with van der Waals surface area (Å²) >= 11 is 0. The minimum atomic E-state index is -2.97. The van der Waals surface area contributed by atoms with Crippen molar-refractivity contribution in [2.45, 2.75) is 19.9 Å². The van der Waals surface area contributed by atoms with E-state index in [1.54, 1.807) is 13.3 Å². The zero-order chi connectivity index (χ0) is 15.5. The summed E-state index contributed by atoms with van der Waals surface area (Å²) in [5.41, 5.74) is 1.86. The standard InChI is InChI=1S/C14H20N4O2S/c1-4-21(19,20)9-11(2)16-13-7-5-12(6-8-13)14-17-15-10-18(14)3/h5-8,10-11,16H,4,9H2,1-3H3. The van der Waals surface area contributed by atoms with E-state index in [1.807, 2.05) is 42.8 Å². The highest BCUT2D eigenvalue weighted by Gasteiger charge is 2.13. The summed E-state index contributed by atoms with van der Waals surface area (Å²) in [7, 11) is -1.08. The SMILES string of the molecule is CCS(=O)(=O)CC(C)Nc1ccc(-c2nncn2C)cc1. The highest BCUT2D eigenvalue weighted by Crippen LogP contribution is 2.19. The van der Waals surface area contributed by atoms with Gasteiger partial charge in [0.05, 0.1) is 5.75 Å². The van der Waals surface area contributed by atoms with E-state index in [-0.39, 0.29) is 17.5 Å². The molecule has 21 heavy (non-hydrogen) atoms. The number of nitrogens with zero attached hydrogens (tertiary/aromatic N) is 3. The van der Waals surface area contributed by atoms with E-state index in [0.717, 1.165) is 17.1 Å². The topological polar surface area (TPSA) is 76.9 Å². The molecule has 0 aliphatic heterocycles. The van der Waals surface area contributed by atoms with Crippen molar-refractivity contribution < 1.29 is 8.42 Å². The highest BCUT2D eigenvalue weighted by atomic mass is 32.2. The molecule has 0 radical (unpaired) electrons. The van der Waals surface area contributed by atoms with Crippen LogP contribution in [0.25, 0.3) is 11.4 Å². The maximum Gasteiger partial charge on any atom is 0.163 e. The van der Waals surface area contributed by atoms with Gasteiger partial charge in [0.25, 0.3) is 0 Å². The number of nitrogens with one attached hydrogen (secondary N) is 1. The number of hydrogen-bond donors (Lipinski definition) is 1. The molecular formula is C14H20N4O2S. The summed E-state index contributed by atoms with van der Waals surface area (Å²) in [6.45, 7) is 3.53. The van der Waals surface area contributed by atoms with E-state index in [2.05, 4.69) is 15.5 Å². The second kappa shape index (κ2) is 6.26. The Balaban J connectivity index is 2.05. The average molecular weight is 308 g/mol. The predicted octanol–water partition coefficient (Wildman–Crippen LogP) is 1.72. The van der Waals surface area contributed by atoms with Gasteiger partial charge in [-0.05, 0) is 31.2 Å². The summed E-state index contributed by atoms with van der Waals surface area (Å²) in [5.74, 6) is 1.10. The summed E-state index contributed by atoms with van der Waals surface area (Å²) in [6, 6.07) is 7.58. The maximum atomic E-state index is 11.6. The molecular weight excluding hydrogens is 288 g/mol. The van der Waals surface area contributed by atoms with Crippen LogP contribution >= 0.6 is 0 Å². The Kier molecular flexibility index (Phi) is 4.62. The molecule has 2 rings (SSSR count). The lowest BCUT2D eigenvalue weighted by atomic mass is 10.2. The first kappa shape index (κ1) is 15.5. The third kappa shape index (κ3) is 4.04. The summed E-state index contributed by atoms with van der Waals surface area (Å²) in [5, 5.41) is 11.1. The maximum absolute atomic E-state index is 11.6. The van der Waals surface area contributed by atoms with Crippen LogP contribution in [0.3, 0.4) is 0 Å². The van der Waals surface area contributed by atoms with Crippen LogP contribution < -0.4 is 5.32 Å². The molecule has 1 N–H and O–H groups in total. The molecule has 1 atom stereocenters. The zero-order valence-electron chi connectivity index (χ0n) is 12.4. The van der Waals surface area contributed by atoms with Gasteiger partial charge < -0.3 is 9.88 Å². The Morgan fingerprint density at radius 3 is 2.48 bits per heavy atom. The van der Waals surface area contributed by atoms with Gasteiger partial charge in [-0.15, -0.1) is 10.2 Å². The number of anilines is 1. The van der Waals surface area contributed by atoms with Crippen LogP contribution in [-0.4, -0.2) is 40.7 Å². The lowest BCUT2D eigenvalue weighted by Gasteiger charge is -2.15. The third-order valence-electron chi connectivity index (χ3n) is 3.21. The first-order chi connectivity index (χ1) is 9.91. The first-order valence-electron chi connectivity index (χ1n) is 6.82. The van der Waals surface area contributed by atoms with Gasteiger partial charge in [-0.25, -0.2) is 8.42 Å². The van der Waals surface area contributed by atoms with Gasteiger partial charge >= 0.3 is 0 Å². The smallest absolute Gasteiger partial charge is 0.163 e. The predicted molar refractivity (Wildman–Crippen MR) is 83.9 cm³/mol. The van der Waals surface area contributed by atoms with Crippen molar-refractivity contribution in [1.82, 2.24) is 14.8 Å². The van der Waals surface area contributed by atoms with Crippen molar-refractivity contribution in [1.29, 1.82) is 0 Å². The minimum Gasteiger partial charge on any atom is -0.382 e. The number of benzene rings is 1. The van der Waals surface area contributed by atoms with Gasteiger partial charge in [-0.3, -0.25) is 0 Å². The Morgan fingerprint density at radius 1 is 1.29 bits per heavy atom. The molecule has 1 aromatic carbocycles. The molecule has 6 nitrogen and oxygen atoms in total. The highest BCUT2D eigenvalue weighted by molar-refractivity contribution is 7.91. The number of aromatic nitrogens is 3. The van der Waals surface area contributed by atoms with Gasteiger partial charge in [0.2, 0.25) is 0 Å². The van der Waals surface area contributed by atoms with E-state index in [9.17, 15) is 8.42 Å². The summed E-state index contributed by atoms with van der Waals surface area (Å²) in [4.78, 5) is 0. The molecule has 2 aromatic rings. The number of sulfone groups is 1. The molecule has 0 saturated heterocycles. The fourth-order valence-electron chi connectivity index (χ4n) is 2.09. The Bertz CT molecular complexity index is 692. The fraction of sp³-hybridized carbons (Fsp3) is 0.429. The molecule has 1 aromatic heterocycles. The van der Waals surface area contributed by atoms with E-state index < -0.39 is 9.84 Å². The van der Waals surface area contributed by atoms with Gasteiger partial charge in [0.1, 0.15) is 6.33 Å². The fourth-order valence-corrected chi connectivity index (χ4v) is 3.17. The largest absolute Gasteiger partial charge is 0.382 e. The van der Waals surface area contributed by atoms with Crippen molar-refractivity contribution >= 4 is 15.5 Å². The summed E-state index contributed by atoms with van der Waals surface area (Å²) in [6.07, 6.45) is 1.65. The van der Waals surface area contributed by atoms with Crippen molar-refractivity contribution in [3.05, 3.63) is 30.6 Å². The van der Waals surface area contributed by atoms with Gasteiger partial charge in [-0.1, -0.05) is 6.92 Å². The Morgan fingerprint density at radius 2 is 1.95 bits per heavy atom.